The molecule has 0 saturated carbocycles. The molecule has 3 heteroatoms. The Morgan fingerprint density at radius 3 is 2.22 bits per heavy atom. The Labute approximate surface area is 158 Å². The van der Waals surface area contributed by atoms with Gasteiger partial charge >= 0.3 is 0 Å². The van der Waals surface area contributed by atoms with E-state index in [1.165, 1.54) is 33.0 Å². The maximum atomic E-state index is 4.63. The molecule has 0 aliphatic heterocycles. The van der Waals surface area contributed by atoms with Crippen LogP contribution in [0.25, 0.3) is 38.7 Å². The van der Waals surface area contributed by atoms with E-state index in [1.807, 2.05) is 0 Å². The van der Waals surface area contributed by atoms with Crippen molar-refractivity contribution in [3.63, 3.8) is 0 Å². The molecule has 5 rings (SSSR count). The Hall–Kier alpha value is -3.20. The van der Waals surface area contributed by atoms with Gasteiger partial charge in [-0.25, -0.2) is 0 Å². The first kappa shape index (κ1) is 16.0. The van der Waals surface area contributed by atoms with E-state index >= 15 is 0 Å². The van der Waals surface area contributed by atoms with Crippen molar-refractivity contribution < 1.29 is 0 Å². The van der Waals surface area contributed by atoms with Crippen LogP contribution in [-0.2, 0) is 0 Å². The Balaban J connectivity index is 2.00. The van der Waals surface area contributed by atoms with Crippen LogP contribution in [-0.4, -0.2) is 14.6 Å². The zero-order valence-electron chi connectivity index (χ0n) is 16.0. The average Bonchev–Trinajstić information content (AvgIpc) is 3.10. The van der Waals surface area contributed by atoms with Crippen molar-refractivity contribution in [3.05, 3.63) is 76.9 Å². The molecule has 0 spiro atoms. The fourth-order valence-corrected chi connectivity index (χ4v) is 4.04. The lowest BCUT2D eigenvalue weighted by molar-refractivity contribution is 1.11. The van der Waals surface area contributed by atoms with Crippen LogP contribution in [0.3, 0.4) is 0 Å². The second-order valence-electron chi connectivity index (χ2n) is 7.50. The van der Waals surface area contributed by atoms with Crippen molar-refractivity contribution in [1.29, 1.82) is 0 Å². The van der Waals surface area contributed by atoms with E-state index < -0.39 is 0 Å². The molecule has 2 aromatic heterocycles. The number of benzene rings is 3. The van der Waals surface area contributed by atoms with Gasteiger partial charge in [0.25, 0.3) is 0 Å². The van der Waals surface area contributed by atoms with Crippen molar-refractivity contribution >= 4 is 27.3 Å². The zero-order valence-corrected chi connectivity index (χ0v) is 16.0. The minimum Gasteiger partial charge on any atom is -0.274 e. The van der Waals surface area contributed by atoms with Crippen molar-refractivity contribution in [2.75, 3.05) is 0 Å². The standard InChI is InChI=1S/C24H21N3/c1-14-9-10-22-21(11-14)18-7-5-6-8-19(18)23-25-26-24(27(22)23)20-13-16(3)15(2)12-17(20)4/h5-13H,1-4H3. The fourth-order valence-electron chi connectivity index (χ4n) is 4.04. The third-order valence-electron chi connectivity index (χ3n) is 5.60. The first-order valence-electron chi connectivity index (χ1n) is 9.29. The van der Waals surface area contributed by atoms with Gasteiger partial charge in [0, 0.05) is 16.3 Å². The van der Waals surface area contributed by atoms with Gasteiger partial charge in [0.15, 0.2) is 11.5 Å². The number of hydrogen-bond donors (Lipinski definition) is 0. The highest BCUT2D eigenvalue weighted by atomic mass is 15.2. The molecule has 0 N–H and O–H groups in total. The summed E-state index contributed by atoms with van der Waals surface area (Å²) in [7, 11) is 0. The lowest BCUT2D eigenvalue weighted by Gasteiger charge is -2.12. The van der Waals surface area contributed by atoms with Gasteiger partial charge in [0.05, 0.1) is 5.52 Å². The minimum atomic E-state index is 0.908. The summed E-state index contributed by atoms with van der Waals surface area (Å²) >= 11 is 0. The van der Waals surface area contributed by atoms with Crippen LogP contribution >= 0.6 is 0 Å². The van der Waals surface area contributed by atoms with Gasteiger partial charge < -0.3 is 0 Å². The number of aryl methyl sites for hydroxylation is 4. The molecule has 3 aromatic carbocycles. The van der Waals surface area contributed by atoms with Crippen LogP contribution in [0.15, 0.2) is 54.6 Å². The Morgan fingerprint density at radius 2 is 1.41 bits per heavy atom. The summed E-state index contributed by atoms with van der Waals surface area (Å²) in [6.07, 6.45) is 0. The molecular formula is C24H21N3. The topological polar surface area (TPSA) is 30.2 Å². The van der Waals surface area contributed by atoms with E-state index in [4.69, 9.17) is 0 Å². The third kappa shape index (κ3) is 2.28. The molecule has 132 valence electrons. The van der Waals surface area contributed by atoms with Crippen molar-refractivity contribution in [3.8, 4) is 11.4 Å². The molecule has 0 unspecified atom stereocenters. The Kier molecular flexibility index (Phi) is 3.35. The fraction of sp³-hybridized carbons (Fsp3) is 0.167. The van der Waals surface area contributed by atoms with Crippen LogP contribution in [0.5, 0.6) is 0 Å². The predicted octanol–water partition coefficient (Wildman–Crippen LogP) is 5.94. The highest BCUT2D eigenvalue weighted by molar-refractivity contribution is 6.12. The molecule has 0 aliphatic rings. The summed E-state index contributed by atoms with van der Waals surface area (Å²) in [5.41, 5.74) is 8.25. The average molecular weight is 351 g/mol. The molecular weight excluding hydrogens is 330 g/mol. The molecule has 2 heterocycles. The second kappa shape index (κ2) is 5.65. The van der Waals surface area contributed by atoms with Crippen LogP contribution in [0, 0.1) is 27.7 Å². The number of fused-ring (bicyclic) bond motifs is 6. The summed E-state index contributed by atoms with van der Waals surface area (Å²) < 4.78 is 2.22. The van der Waals surface area contributed by atoms with E-state index in [0.29, 0.717) is 0 Å². The molecule has 0 saturated heterocycles. The lowest BCUT2D eigenvalue weighted by atomic mass is 10.00. The van der Waals surface area contributed by atoms with Gasteiger partial charge in [-0.1, -0.05) is 42.0 Å². The van der Waals surface area contributed by atoms with Gasteiger partial charge in [-0.2, -0.15) is 0 Å². The van der Waals surface area contributed by atoms with Crippen LogP contribution in [0.4, 0.5) is 0 Å². The van der Waals surface area contributed by atoms with E-state index in [9.17, 15) is 0 Å². The molecule has 0 amide bonds. The van der Waals surface area contributed by atoms with Crippen molar-refractivity contribution in [1.82, 2.24) is 14.6 Å². The summed E-state index contributed by atoms with van der Waals surface area (Å²) in [5.74, 6) is 0.908. The molecule has 0 bridgehead atoms. The van der Waals surface area contributed by atoms with Gasteiger partial charge in [0.2, 0.25) is 0 Å². The van der Waals surface area contributed by atoms with E-state index in [-0.39, 0.29) is 0 Å². The van der Waals surface area contributed by atoms with Crippen molar-refractivity contribution in [2.45, 2.75) is 27.7 Å². The Bertz CT molecular complexity index is 1360. The molecule has 3 nitrogen and oxygen atoms in total. The Morgan fingerprint density at radius 1 is 0.667 bits per heavy atom. The molecule has 27 heavy (non-hydrogen) atoms. The van der Waals surface area contributed by atoms with Gasteiger partial charge in [-0.3, -0.25) is 4.40 Å². The SMILES string of the molecule is Cc1ccc2c(c1)c1ccccc1c1nnc(-c3cc(C)c(C)cc3C)n21. The van der Waals surface area contributed by atoms with Crippen LogP contribution in [0.2, 0.25) is 0 Å². The van der Waals surface area contributed by atoms with Crippen molar-refractivity contribution in [2.24, 2.45) is 0 Å². The van der Waals surface area contributed by atoms with E-state index in [1.54, 1.807) is 0 Å². The highest BCUT2D eigenvalue weighted by Gasteiger charge is 2.17. The maximum absolute atomic E-state index is 4.63. The number of rotatable bonds is 1. The minimum absolute atomic E-state index is 0.908. The molecule has 0 fully saturated rings. The number of aromatic nitrogens is 3. The summed E-state index contributed by atoms with van der Waals surface area (Å²) in [6.45, 7) is 8.59. The summed E-state index contributed by atoms with van der Waals surface area (Å²) in [4.78, 5) is 0. The second-order valence-corrected chi connectivity index (χ2v) is 7.50. The number of hydrogen-bond acceptors (Lipinski definition) is 2. The first-order valence-corrected chi connectivity index (χ1v) is 9.29. The smallest absolute Gasteiger partial charge is 0.169 e. The molecule has 0 aliphatic carbocycles. The molecule has 0 radical (unpaired) electrons. The predicted molar refractivity (Wildman–Crippen MR) is 112 cm³/mol. The van der Waals surface area contributed by atoms with Crippen LogP contribution in [0.1, 0.15) is 22.3 Å². The molecule has 5 aromatic rings. The van der Waals surface area contributed by atoms with Gasteiger partial charge in [-0.15, -0.1) is 10.2 Å². The zero-order chi connectivity index (χ0) is 18.7. The lowest BCUT2D eigenvalue weighted by Crippen LogP contribution is -1.97. The van der Waals surface area contributed by atoms with Gasteiger partial charge in [0.1, 0.15) is 0 Å². The summed E-state index contributed by atoms with van der Waals surface area (Å²) in [6, 6.07) is 19.5. The third-order valence-corrected chi connectivity index (χ3v) is 5.60. The maximum Gasteiger partial charge on any atom is 0.169 e. The number of nitrogens with zero attached hydrogens (tertiary/aromatic N) is 3. The van der Waals surface area contributed by atoms with Gasteiger partial charge in [-0.05, 0) is 68.0 Å². The first-order chi connectivity index (χ1) is 13.0. The monoisotopic (exact) mass is 351 g/mol. The van der Waals surface area contributed by atoms with E-state index in [0.717, 1.165) is 27.9 Å². The van der Waals surface area contributed by atoms with E-state index in [2.05, 4.69) is 96.9 Å². The normalized spacial score (nSPS) is 11.7. The molecule has 0 atom stereocenters. The quantitative estimate of drug-likeness (QED) is 0.350. The largest absolute Gasteiger partial charge is 0.274 e. The van der Waals surface area contributed by atoms with Crippen LogP contribution < -0.4 is 0 Å². The number of pyridine rings is 1. The summed E-state index contributed by atoms with van der Waals surface area (Å²) in [5, 5.41) is 12.8. The highest BCUT2D eigenvalue weighted by Crippen LogP contribution is 2.33.